The molecule has 2 aromatic rings. The maximum atomic E-state index is 12.6. The van der Waals surface area contributed by atoms with Gasteiger partial charge in [0.2, 0.25) is 5.91 Å². The molecule has 0 aliphatic carbocycles. The molecule has 28 heavy (non-hydrogen) atoms. The van der Waals surface area contributed by atoms with Crippen LogP contribution in [0.3, 0.4) is 0 Å². The van der Waals surface area contributed by atoms with Crippen LogP contribution in [0, 0.1) is 0 Å². The standard InChI is InChI=1S/C21H22ClN3O2S/c1-3-14-8-7-9-15(4-2)20(14)24-18(26)13-28-21-23-12-19(27)25(21)17-11-6-5-10-16(17)22/h5-11H,3-4,12-13H2,1-2H3,(H,24,26). The van der Waals surface area contributed by atoms with Gasteiger partial charge in [-0.05, 0) is 36.1 Å². The quantitative estimate of drug-likeness (QED) is 0.753. The molecule has 0 radical (unpaired) electrons. The van der Waals surface area contributed by atoms with E-state index in [9.17, 15) is 9.59 Å². The molecule has 0 aromatic heterocycles. The van der Waals surface area contributed by atoms with Crippen LogP contribution in [0.4, 0.5) is 11.4 Å². The van der Waals surface area contributed by atoms with E-state index >= 15 is 0 Å². The number of carbonyl (C=O) groups excluding carboxylic acids is 2. The van der Waals surface area contributed by atoms with E-state index in [1.807, 2.05) is 24.3 Å². The Labute approximate surface area is 174 Å². The number of amidine groups is 1. The third-order valence-corrected chi connectivity index (χ3v) is 5.78. The molecule has 7 heteroatoms. The minimum absolute atomic E-state index is 0.0633. The molecule has 1 aliphatic rings. The number of benzene rings is 2. The van der Waals surface area contributed by atoms with Crippen LogP contribution < -0.4 is 10.2 Å². The second-order valence-electron chi connectivity index (χ2n) is 6.27. The maximum absolute atomic E-state index is 12.6. The van der Waals surface area contributed by atoms with Crippen LogP contribution >= 0.6 is 23.4 Å². The molecule has 1 N–H and O–H groups in total. The van der Waals surface area contributed by atoms with Gasteiger partial charge in [-0.15, -0.1) is 0 Å². The molecule has 0 bridgehead atoms. The van der Waals surface area contributed by atoms with Gasteiger partial charge in [-0.3, -0.25) is 19.5 Å². The van der Waals surface area contributed by atoms with Crippen molar-refractivity contribution in [3.63, 3.8) is 0 Å². The number of halogens is 1. The number of para-hydroxylation sites is 2. The smallest absolute Gasteiger partial charge is 0.254 e. The van der Waals surface area contributed by atoms with Crippen LogP contribution in [0.5, 0.6) is 0 Å². The van der Waals surface area contributed by atoms with Gasteiger partial charge in [-0.1, -0.05) is 67.5 Å². The van der Waals surface area contributed by atoms with E-state index in [4.69, 9.17) is 11.6 Å². The molecule has 0 atom stereocenters. The van der Waals surface area contributed by atoms with Crippen molar-refractivity contribution < 1.29 is 9.59 Å². The lowest BCUT2D eigenvalue weighted by Crippen LogP contribution is -2.32. The number of hydrogen-bond acceptors (Lipinski definition) is 4. The van der Waals surface area contributed by atoms with Gasteiger partial charge >= 0.3 is 0 Å². The predicted octanol–water partition coefficient (Wildman–Crippen LogP) is 4.54. The largest absolute Gasteiger partial charge is 0.325 e. The van der Waals surface area contributed by atoms with Gasteiger partial charge in [0.25, 0.3) is 5.91 Å². The first-order valence-electron chi connectivity index (χ1n) is 9.20. The molecule has 1 aliphatic heterocycles. The number of rotatable bonds is 6. The van der Waals surface area contributed by atoms with Crippen LogP contribution in [0.2, 0.25) is 5.02 Å². The summed E-state index contributed by atoms with van der Waals surface area (Å²) in [4.78, 5) is 30.6. The normalized spacial score (nSPS) is 13.6. The molecule has 0 fully saturated rings. The lowest BCUT2D eigenvalue weighted by molar-refractivity contribution is -0.116. The molecule has 0 saturated carbocycles. The molecule has 0 saturated heterocycles. The van der Waals surface area contributed by atoms with Crippen molar-refractivity contribution in [1.82, 2.24) is 0 Å². The first-order valence-corrected chi connectivity index (χ1v) is 10.6. The van der Waals surface area contributed by atoms with Crippen LogP contribution in [-0.2, 0) is 22.4 Å². The van der Waals surface area contributed by atoms with Gasteiger partial charge in [0.15, 0.2) is 5.17 Å². The summed E-state index contributed by atoms with van der Waals surface area (Å²) in [5.74, 6) is -0.115. The third-order valence-electron chi connectivity index (χ3n) is 4.48. The third kappa shape index (κ3) is 4.39. The highest BCUT2D eigenvalue weighted by molar-refractivity contribution is 8.14. The van der Waals surface area contributed by atoms with Crippen molar-refractivity contribution in [2.45, 2.75) is 26.7 Å². The summed E-state index contributed by atoms with van der Waals surface area (Å²) in [5, 5.41) is 4.00. The average molecular weight is 416 g/mol. The molecule has 146 valence electrons. The molecule has 5 nitrogen and oxygen atoms in total. The van der Waals surface area contributed by atoms with Crippen LogP contribution in [0.25, 0.3) is 0 Å². The Morgan fingerprint density at radius 2 is 1.82 bits per heavy atom. The van der Waals surface area contributed by atoms with E-state index in [0.717, 1.165) is 29.7 Å². The van der Waals surface area contributed by atoms with Crippen molar-refractivity contribution in [3.8, 4) is 0 Å². The fourth-order valence-corrected chi connectivity index (χ4v) is 4.11. The molecule has 0 unspecified atom stereocenters. The molecule has 0 spiro atoms. The van der Waals surface area contributed by atoms with Gasteiger partial charge in [0.1, 0.15) is 6.54 Å². The highest BCUT2D eigenvalue weighted by Crippen LogP contribution is 2.30. The van der Waals surface area contributed by atoms with Crippen LogP contribution in [-0.4, -0.2) is 29.3 Å². The molecule has 2 aromatic carbocycles. The number of nitrogens with one attached hydrogen (secondary N) is 1. The topological polar surface area (TPSA) is 61.8 Å². The zero-order chi connectivity index (χ0) is 20.1. The summed E-state index contributed by atoms with van der Waals surface area (Å²) in [6.07, 6.45) is 1.69. The van der Waals surface area contributed by atoms with E-state index in [2.05, 4.69) is 24.2 Å². The molecule has 2 amide bonds. The summed E-state index contributed by atoms with van der Waals surface area (Å²) >= 11 is 7.47. The molecule has 1 heterocycles. The molecular weight excluding hydrogens is 394 g/mol. The Balaban J connectivity index is 1.70. The van der Waals surface area contributed by atoms with Gasteiger partial charge in [0.05, 0.1) is 16.5 Å². The number of carbonyl (C=O) groups is 2. The fourth-order valence-electron chi connectivity index (χ4n) is 3.07. The minimum atomic E-state index is -0.152. The van der Waals surface area contributed by atoms with Crippen molar-refractivity contribution in [1.29, 1.82) is 0 Å². The second kappa shape index (κ2) is 9.26. The number of thioether (sulfide) groups is 1. The Morgan fingerprint density at radius 3 is 2.46 bits per heavy atom. The monoisotopic (exact) mass is 415 g/mol. The predicted molar refractivity (Wildman–Crippen MR) is 118 cm³/mol. The summed E-state index contributed by atoms with van der Waals surface area (Å²) in [6, 6.07) is 13.2. The van der Waals surface area contributed by atoms with E-state index in [1.54, 1.807) is 18.2 Å². The SMILES string of the molecule is CCc1cccc(CC)c1NC(=O)CSC1=NCC(=O)N1c1ccccc1Cl. The number of amides is 2. The highest BCUT2D eigenvalue weighted by Gasteiger charge is 2.29. The maximum Gasteiger partial charge on any atom is 0.254 e. The van der Waals surface area contributed by atoms with Gasteiger partial charge in [-0.2, -0.15) is 0 Å². The number of aryl methyl sites for hydroxylation is 2. The van der Waals surface area contributed by atoms with Crippen molar-refractivity contribution in [2.24, 2.45) is 4.99 Å². The first-order chi connectivity index (χ1) is 13.5. The van der Waals surface area contributed by atoms with Crippen molar-refractivity contribution in [3.05, 3.63) is 58.6 Å². The number of anilines is 2. The molecular formula is C21H22ClN3O2S. The fraction of sp³-hybridized carbons (Fsp3) is 0.286. The number of nitrogens with zero attached hydrogens (tertiary/aromatic N) is 2. The summed E-state index contributed by atoms with van der Waals surface area (Å²) < 4.78 is 0. The zero-order valence-corrected chi connectivity index (χ0v) is 17.4. The van der Waals surface area contributed by atoms with Crippen molar-refractivity contribution >= 4 is 51.7 Å². The lowest BCUT2D eigenvalue weighted by Gasteiger charge is -2.19. The van der Waals surface area contributed by atoms with E-state index in [1.165, 1.54) is 16.7 Å². The van der Waals surface area contributed by atoms with E-state index in [0.29, 0.717) is 15.9 Å². The Kier molecular flexibility index (Phi) is 6.75. The van der Waals surface area contributed by atoms with E-state index in [-0.39, 0.29) is 24.1 Å². The molecule has 3 rings (SSSR count). The van der Waals surface area contributed by atoms with Crippen molar-refractivity contribution in [2.75, 3.05) is 22.5 Å². The highest BCUT2D eigenvalue weighted by atomic mass is 35.5. The lowest BCUT2D eigenvalue weighted by atomic mass is 10.0. The number of aliphatic imine (C=N–C) groups is 1. The summed E-state index contributed by atoms with van der Waals surface area (Å²) in [6.45, 7) is 4.20. The van der Waals surface area contributed by atoms with E-state index < -0.39 is 0 Å². The second-order valence-corrected chi connectivity index (χ2v) is 7.62. The van der Waals surface area contributed by atoms with Crippen LogP contribution in [0.1, 0.15) is 25.0 Å². The Hall–Kier alpha value is -2.31. The first kappa shape index (κ1) is 20.4. The zero-order valence-electron chi connectivity index (χ0n) is 15.9. The van der Waals surface area contributed by atoms with Gasteiger partial charge in [0, 0.05) is 5.69 Å². The summed E-state index contributed by atoms with van der Waals surface area (Å²) in [5.41, 5.74) is 3.71. The van der Waals surface area contributed by atoms with Crippen LogP contribution in [0.15, 0.2) is 47.5 Å². The van der Waals surface area contributed by atoms with Gasteiger partial charge in [-0.25, -0.2) is 0 Å². The average Bonchev–Trinajstić information content (AvgIpc) is 3.07. The Bertz CT molecular complexity index is 907. The summed E-state index contributed by atoms with van der Waals surface area (Å²) in [7, 11) is 0. The number of hydrogen-bond donors (Lipinski definition) is 1. The Morgan fingerprint density at radius 1 is 1.14 bits per heavy atom. The minimum Gasteiger partial charge on any atom is -0.325 e. The van der Waals surface area contributed by atoms with Gasteiger partial charge < -0.3 is 5.32 Å².